The number of phenolic OH excluding ortho intramolecular Hbond substituents is 1. The Kier molecular flexibility index (Phi) is 7.66. The quantitative estimate of drug-likeness (QED) is 0.176. The Labute approximate surface area is 290 Å². The number of fused-ring (bicyclic) bond motifs is 4. The fourth-order valence-electron chi connectivity index (χ4n) is 9.32. The second-order valence-corrected chi connectivity index (χ2v) is 13.7. The van der Waals surface area contributed by atoms with Crippen LogP contribution in [0.4, 0.5) is 5.69 Å². The summed E-state index contributed by atoms with van der Waals surface area (Å²) in [4.78, 5) is 60.2. The van der Waals surface area contributed by atoms with E-state index in [0.717, 1.165) is 17.6 Å². The predicted octanol–water partition coefficient (Wildman–Crippen LogP) is 6.99. The van der Waals surface area contributed by atoms with Crippen molar-refractivity contribution in [2.24, 2.45) is 23.7 Å². The molecule has 0 aromatic heterocycles. The van der Waals surface area contributed by atoms with Crippen LogP contribution in [0.2, 0.25) is 0 Å². The standard InChI is InChI=1S/C43H37NO6/c1-3-25-17-19-28(20-18-25)44-41(48)30-22-21-29-32(37(30)42(44)49)23-33-40(47)31(26-11-6-4-7-12-26)24-36(46)43(33,27-13-8-5-9-14-27)39(29)38-34(45)15-10-16-35(38)50-2/h4-21,24,30,32-33,37,39,45H,3,22-23H2,1-2H3/t30-,32+,33-,37-,39+,43-/m0/s1. The highest BCUT2D eigenvalue weighted by molar-refractivity contribution is 6.32. The normalized spacial score (nSPS) is 27.2. The third kappa shape index (κ3) is 4.49. The molecule has 250 valence electrons. The molecular formula is C43H37NO6. The molecule has 0 bridgehead atoms. The van der Waals surface area contributed by atoms with Gasteiger partial charge in [0.2, 0.25) is 11.8 Å². The van der Waals surface area contributed by atoms with Gasteiger partial charge in [0, 0.05) is 23.0 Å². The van der Waals surface area contributed by atoms with Crippen LogP contribution in [0.3, 0.4) is 0 Å². The monoisotopic (exact) mass is 663 g/mol. The van der Waals surface area contributed by atoms with E-state index < -0.39 is 35.0 Å². The summed E-state index contributed by atoms with van der Waals surface area (Å²) in [6, 6.07) is 31.0. The number of aromatic hydroxyl groups is 1. The number of hydrogen-bond acceptors (Lipinski definition) is 6. The van der Waals surface area contributed by atoms with Gasteiger partial charge in [0.05, 0.1) is 30.0 Å². The van der Waals surface area contributed by atoms with E-state index in [2.05, 4.69) is 0 Å². The molecule has 1 saturated carbocycles. The Hall–Kier alpha value is -5.56. The molecule has 2 fully saturated rings. The highest BCUT2D eigenvalue weighted by atomic mass is 16.5. The van der Waals surface area contributed by atoms with Gasteiger partial charge in [-0.25, -0.2) is 0 Å². The van der Waals surface area contributed by atoms with Gasteiger partial charge in [0.15, 0.2) is 11.6 Å². The number of imide groups is 1. The molecule has 1 N–H and O–H groups in total. The van der Waals surface area contributed by atoms with E-state index in [1.807, 2.05) is 97.9 Å². The number of phenols is 1. The Morgan fingerprint density at radius 3 is 2.20 bits per heavy atom. The first-order valence-electron chi connectivity index (χ1n) is 17.2. The number of aryl methyl sites for hydroxylation is 1. The number of ketones is 2. The second kappa shape index (κ2) is 12.1. The minimum Gasteiger partial charge on any atom is -0.508 e. The van der Waals surface area contributed by atoms with Crippen molar-refractivity contribution >= 4 is 34.6 Å². The molecule has 0 radical (unpaired) electrons. The summed E-state index contributed by atoms with van der Waals surface area (Å²) in [5.74, 6) is -4.39. The predicted molar refractivity (Wildman–Crippen MR) is 190 cm³/mol. The maximum atomic E-state index is 15.2. The van der Waals surface area contributed by atoms with Crippen molar-refractivity contribution in [3.8, 4) is 11.5 Å². The first-order chi connectivity index (χ1) is 24.3. The molecule has 50 heavy (non-hydrogen) atoms. The molecule has 4 aromatic carbocycles. The van der Waals surface area contributed by atoms with E-state index in [9.17, 15) is 14.7 Å². The van der Waals surface area contributed by atoms with Crippen molar-refractivity contribution in [1.29, 1.82) is 0 Å². The van der Waals surface area contributed by atoms with Gasteiger partial charge in [-0.1, -0.05) is 97.4 Å². The van der Waals surface area contributed by atoms with E-state index in [1.165, 1.54) is 18.1 Å². The number of methoxy groups -OCH3 is 1. The molecule has 6 atom stereocenters. The zero-order valence-electron chi connectivity index (χ0n) is 27.9. The number of Topliss-reactive ketones (excluding diaryl/α,β-unsaturated/α-hetero) is 1. The third-order valence-corrected chi connectivity index (χ3v) is 11.5. The summed E-state index contributed by atoms with van der Waals surface area (Å²) in [7, 11) is 1.51. The van der Waals surface area contributed by atoms with Crippen LogP contribution in [0.25, 0.3) is 5.57 Å². The molecule has 7 nitrogen and oxygen atoms in total. The number of nitrogens with zero attached hydrogens (tertiary/aromatic N) is 1. The van der Waals surface area contributed by atoms with E-state index in [0.29, 0.717) is 40.1 Å². The van der Waals surface area contributed by atoms with Crippen molar-refractivity contribution in [2.45, 2.75) is 37.5 Å². The van der Waals surface area contributed by atoms with Crippen LogP contribution in [0, 0.1) is 23.7 Å². The number of ether oxygens (including phenoxy) is 1. The summed E-state index contributed by atoms with van der Waals surface area (Å²) in [5, 5.41) is 11.7. The molecule has 1 heterocycles. The molecule has 2 amide bonds. The van der Waals surface area contributed by atoms with E-state index in [1.54, 1.807) is 18.2 Å². The molecule has 3 aliphatic carbocycles. The van der Waals surface area contributed by atoms with Gasteiger partial charge in [-0.3, -0.25) is 24.1 Å². The van der Waals surface area contributed by atoms with E-state index >= 15 is 9.59 Å². The van der Waals surface area contributed by atoms with E-state index in [4.69, 9.17) is 4.74 Å². The average molecular weight is 664 g/mol. The highest BCUT2D eigenvalue weighted by Crippen LogP contribution is 2.65. The lowest BCUT2D eigenvalue weighted by molar-refractivity contribution is -0.135. The summed E-state index contributed by atoms with van der Waals surface area (Å²) in [6.45, 7) is 2.05. The Morgan fingerprint density at radius 2 is 1.52 bits per heavy atom. The van der Waals surface area contributed by atoms with Crippen molar-refractivity contribution in [3.63, 3.8) is 0 Å². The van der Waals surface area contributed by atoms with Crippen LogP contribution < -0.4 is 9.64 Å². The number of rotatable bonds is 6. The third-order valence-electron chi connectivity index (χ3n) is 11.5. The van der Waals surface area contributed by atoms with Crippen LogP contribution >= 0.6 is 0 Å². The SMILES string of the molecule is CCc1ccc(N2C(=O)[C@H]3[C@H](CC=C4[C@H]3C[C@H]3C(=O)C(c5ccccc5)=CC(=O)[C@@]3(c3ccccc3)[C@H]4c3c(O)cccc3OC)C2=O)cc1. The number of anilines is 1. The van der Waals surface area contributed by atoms with Crippen LogP contribution in [0.5, 0.6) is 11.5 Å². The minimum absolute atomic E-state index is 0.0726. The topological polar surface area (TPSA) is 101 Å². The van der Waals surface area contributed by atoms with Gasteiger partial charge in [-0.2, -0.15) is 0 Å². The molecule has 1 saturated heterocycles. The summed E-state index contributed by atoms with van der Waals surface area (Å²) >= 11 is 0. The fraction of sp³-hybridized carbons (Fsp3) is 0.256. The van der Waals surface area contributed by atoms with Crippen molar-refractivity contribution in [1.82, 2.24) is 0 Å². The van der Waals surface area contributed by atoms with E-state index in [-0.39, 0.29) is 35.6 Å². The average Bonchev–Trinajstić information content (AvgIpc) is 3.41. The summed E-state index contributed by atoms with van der Waals surface area (Å²) < 4.78 is 5.86. The number of carbonyl (C=O) groups excluding carboxylic acids is 4. The van der Waals surface area contributed by atoms with Crippen LogP contribution in [0.1, 0.15) is 47.9 Å². The van der Waals surface area contributed by atoms with Gasteiger partial charge < -0.3 is 9.84 Å². The number of allylic oxidation sites excluding steroid dienone is 4. The smallest absolute Gasteiger partial charge is 0.238 e. The van der Waals surface area contributed by atoms with Gasteiger partial charge in [0.25, 0.3) is 0 Å². The molecular weight excluding hydrogens is 626 g/mol. The number of benzene rings is 4. The lowest BCUT2D eigenvalue weighted by Crippen LogP contribution is -2.58. The number of hydrogen-bond donors (Lipinski definition) is 1. The first kappa shape index (κ1) is 31.7. The summed E-state index contributed by atoms with van der Waals surface area (Å²) in [6.07, 6.45) is 4.77. The van der Waals surface area contributed by atoms with Gasteiger partial charge >= 0.3 is 0 Å². The fourth-order valence-corrected chi connectivity index (χ4v) is 9.32. The van der Waals surface area contributed by atoms with Crippen LogP contribution in [0.15, 0.2) is 121 Å². The van der Waals surface area contributed by atoms with Crippen molar-refractivity contribution in [3.05, 3.63) is 143 Å². The maximum absolute atomic E-state index is 15.2. The molecule has 0 unspecified atom stereocenters. The molecule has 0 spiro atoms. The van der Waals surface area contributed by atoms with Gasteiger partial charge in [0.1, 0.15) is 11.5 Å². The molecule has 7 heteroatoms. The lowest BCUT2D eigenvalue weighted by Gasteiger charge is -2.55. The van der Waals surface area contributed by atoms with Crippen LogP contribution in [-0.2, 0) is 31.0 Å². The Balaban J connectivity index is 1.37. The largest absolute Gasteiger partial charge is 0.508 e. The van der Waals surface area contributed by atoms with Crippen LogP contribution in [-0.4, -0.2) is 35.6 Å². The zero-order valence-corrected chi connectivity index (χ0v) is 27.9. The lowest BCUT2D eigenvalue weighted by atomic mass is 9.44. The summed E-state index contributed by atoms with van der Waals surface area (Å²) in [5.41, 5.74) is 2.94. The van der Waals surface area contributed by atoms with Crippen molar-refractivity contribution in [2.75, 3.05) is 12.0 Å². The Bertz CT molecular complexity index is 2100. The first-order valence-corrected chi connectivity index (χ1v) is 17.2. The minimum atomic E-state index is -1.46. The number of amides is 2. The second-order valence-electron chi connectivity index (χ2n) is 13.7. The van der Waals surface area contributed by atoms with Crippen molar-refractivity contribution < 1.29 is 29.0 Å². The highest BCUT2D eigenvalue weighted by Gasteiger charge is 2.66. The molecule has 4 aliphatic rings. The molecule has 1 aliphatic heterocycles. The van der Waals surface area contributed by atoms with Gasteiger partial charge in [-0.05, 0) is 72.2 Å². The maximum Gasteiger partial charge on any atom is 0.238 e. The zero-order chi connectivity index (χ0) is 34.7. The number of carbonyl (C=O) groups is 4. The molecule has 8 rings (SSSR count). The van der Waals surface area contributed by atoms with Gasteiger partial charge in [-0.15, -0.1) is 0 Å². The molecule has 4 aromatic rings. The Morgan fingerprint density at radius 1 is 0.820 bits per heavy atom.